The van der Waals surface area contributed by atoms with E-state index in [1.165, 1.54) is 12.5 Å². The second-order valence-electron chi connectivity index (χ2n) is 4.81. The maximum Gasteiger partial charge on any atom is 0.274 e. The van der Waals surface area contributed by atoms with Crippen molar-refractivity contribution in [3.05, 3.63) is 41.9 Å². The van der Waals surface area contributed by atoms with Crippen molar-refractivity contribution in [2.45, 2.75) is 13.1 Å². The van der Waals surface area contributed by atoms with Gasteiger partial charge in [0.2, 0.25) is 0 Å². The average Bonchev–Trinajstić information content (AvgIpc) is 2.90. The van der Waals surface area contributed by atoms with E-state index in [4.69, 9.17) is 0 Å². The van der Waals surface area contributed by atoms with Crippen LogP contribution in [0.2, 0.25) is 0 Å². The summed E-state index contributed by atoms with van der Waals surface area (Å²) in [5.74, 6) is 0.581. The van der Waals surface area contributed by atoms with Gasteiger partial charge in [0.05, 0.1) is 24.6 Å². The smallest absolute Gasteiger partial charge is 0.274 e. The SMILES string of the molecule is CN(C)c1cnc(C(=O)N2Cc3cncnc3C2)cn1. The van der Waals surface area contributed by atoms with Gasteiger partial charge in [0.15, 0.2) is 0 Å². The van der Waals surface area contributed by atoms with Gasteiger partial charge in [-0.3, -0.25) is 4.79 Å². The number of amides is 1. The van der Waals surface area contributed by atoms with E-state index in [1.54, 1.807) is 17.3 Å². The van der Waals surface area contributed by atoms with Gasteiger partial charge in [-0.25, -0.2) is 19.9 Å². The normalized spacial score (nSPS) is 13.2. The lowest BCUT2D eigenvalue weighted by Gasteiger charge is -2.15. The minimum atomic E-state index is -0.138. The molecule has 0 fully saturated rings. The molecule has 1 amide bonds. The van der Waals surface area contributed by atoms with E-state index in [0.717, 1.165) is 17.1 Å². The Labute approximate surface area is 116 Å². The summed E-state index contributed by atoms with van der Waals surface area (Å²) in [7, 11) is 3.75. The minimum Gasteiger partial charge on any atom is -0.361 e. The molecule has 0 N–H and O–H groups in total. The van der Waals surface area contributed by atoms with E-state index in [-0.39, 0.29) is 5.91 Å². The van der Waals surface area contributed by atoms with Crippen molar-refractivity contribution in [1.29, 1.82) is 0 Å². The zero-order valence-corrected chi connectivity index (χ0v) is 11.3. The van der Waals surface area contributed by atoms with Gasteiger partial charge in [0, 0.05) is 32.4 Å². The van der Waals surface area contributed by atoms with Crippen LogP contribution in [0, 0.1) is 0 Å². The second kappa shape index (κ2) is 4.84. The number of rotatable bonds is 2. The summed E-state index contributed by atoms with van der Waals surface area (Å²) in [4.78, 5) is 32.4. The van der Waals surface area contributed by atoms with Crippen LogP contribution in [-0.2, 0) is 13.1 Å². The summed E-state index contributed by atoms with van der Waals surface area (Å²) < 4.78 is 0. The first-order valence-electron chi connectivity index (χ1n) is 6.21. The maximum atomic E-state index is 12.4. The van der Waals surface area contributed by atoms with Crippen LogP contribution in [0.4, 0.5) is 5.82 Å². The summed E-state index contributed by atoms with van der Waals surface area (Å²) >= 11 is 0. The number of fused-ring (bicyclic) bond motifs is 1. The van der Waals surface area contributed by atoms with Gasteiger partial charge < -0.3 is 9.80 Å². The van der Waals surface area contributed by atoms with Crippen molar-refractivity contribution in [3.8, 4) is 0 Å². The van der Waals surface area contributed by atoms with Crippen molar-refractivity contribution in [1.82, 2.24) is 24.8 Å². The molecule has 1 aliphatic rings. The Morgan fingerprint density at radius 2 is 2.00 bits per heavy atom. The molecule has 0 unspecified atom stereocenters. The third-order valence-electron chi connectivity index (χ3n) is 3.19. The molecule has 20 heavy (non-hydrogen) atoms. The van der Waals surface area contributed by atoms with Gasteiger partial charge in [-0.2, -0.15) is 0 Å². The predicted molar refractivity (Wildman–Crippen MR) is 72.0 cm³/mol. The fourth-order valence-corrected chi connectivity index (χ4v) is 2.07. The molecule has 0 atom stereocenters. The predicted octanol–water partition coefficient (Wildman–Crippen LogP) is 0.489. The zero-order valence-electron chi connectivity index (χ0n) is 11.3. The van der Waals surface area contributed by atoms with Crippen molar-refractivity contribution >= 4 is 11.7 Å². The first kappa shape index (κ1) is 12.5. The van der Waals surface area contributed by atoms with Gasteiger partial charge in [-0.15, -0.1) is 0 Å². The van der Waals surface area contributed by atoms with E-state index >= 15 is 0 Å². The molecule has 7 heteroatoms. The van der Waals surface area contributed by atoms with Gasteiger partial charge >= 0.3 is 0 Å². The molecule has 1 aliphatic heterocycles. The first-order chi connectivity index (χ1) is 9.65. The molecule has 0 saturated heterocycles. The molecule has 2 aromatic rings. The summed E-state index contributed by atoms with van der Waals surface area (Å²) in [5.41, 5.74) is 2.22. The molecule has 102 valence electrons. The van der Waals surface area contributed by atoms with E-state index in [1.807, 2.05) is 19.0 Å². The van der Waals surface area contributed by atoms with E-state index in [9.17, 15) is 4.79 Å². The Kier molecular flexibility index (Phi) is 3.02. The molecule has 0 saturated carbocycles. The number of nitrogens with zero attached hydrogens (tertiary/aromatic N) is 6. The van der Waals surface area contributed by atoms with Crippen molar-refractivity contribution in [3.63, 3.8) is 0 Å². The molecule has 3 heterocycles. The van der Waals surface area contributed by atoms with Gasteiger partial charge in [0.1, 0.15) is 17.8 Å². The fourth-order valence-electron chi connectivity index (χ4n) is 2.07. The Bertz CT molecular complexity index is 615. The highest BCUT2D eigenvalue weighted by atomic mass is 16.2. The standard InChI is InChI=1S/C13H14N6O/c1-18(2)12-5-15-10(4-16-12)13(20)19-6-9-3-14-8-17-11(9)7-19/h3-5,8H,6-7H2,1-2H3. The monoisotopic (exact) mass is 270 g/mol. The third kappa shape index (κ3) is 2.18. The number of hydrogen-bond donors (Lipinski definition) is 0. The van der Waals surface area contributed by atoms with Crippen LogP contribution in [-0.4, -0.2) is 44.8 Å². The number of carbonyl (C=O) groups is 1. The summed E-state index contributed by atoms with van der Waals surface area (Å²) in [6.07, 6.45) is 6.34. The highest BCUT2D eigenvalue weighted by Crippen LogP contribution is 2.21. The lowest BCUT2D eigenvalue weighted by atomic mass is 10.3. The molecule has 0 radical (unpaired) electrons. The van der Waals surface area contributed by atoms with Crippen LogP contribution in [0.5, 0.6) is 0 Å². The minimum absolute atomic E-state index is 0.138. The van der Waals surface area contributed by atoms with E-state index in [2.05, 4.69) is 19.9 Å². The van der Waals surface area contributed by atoms with Crippen molar-refractivity contribution in [2.75, 3.05) is 19.0 Å². The molecule has 7 nitrogen and oxygen atoms in total. The summed E-state index contributed by atoms with van der Waals surface area (Å²) in [6, 6.07) is 0. The zero-order chi connectivity index (χ0) is 14.1. The number of hydrogen-bond acceptors (Lipinski definition) is 6. The molecular weight excluding hydrogens is 256 g/mol. The van der Waals surface area contributed by atoms with Gasteiger partial charge in [-0.1, -0.05) is 0 Å². The lowest BCUT2D eigenvalue weighted by Crippen LogP contribution is -2.26. The quantitative estimate of drug-likeness (QED) is 0.790. The first-order valence-corrected chi connectivity index (χ1v) is 6.21. The summed E-state index contributed by atoms with van der Waals surface area (Å²) in [5, 5.41) is 0. The number of aromatic nitrogens is 4. The largest absolute Gasteiger partial charge is 0.361 e. The molecule has 3 rings (SSSR count). The lowest BCUT2D eigenvalue weighted by molar-refractivity contribution is 0.0744. The van der Waals surface area contributed by atoms with Crippen LogP contribution in [0.15, 0.2) is 24.9 Å². The Morgan fingerprint density at radius 1 is 1.15 bits per heavy atom. The molecule has 2 aromatic heterocycles. The molecule has 0 spiro atoms. The van der Waals surface area contributed by atoms with Crippen LogP contribution in [0.3, 0.4) is 0 Å². The van der Waals surface area contributed by atoms with Crippen LogP contribution in [0.25, 0.3) is 0 Å². The average molecular weight is 270 g/mol. The topological polar surface area (TPSA) is 75.1 Å². The number of carbonyl (C=O) groups excluding carboxylic acids is 1. The van der Waals surface area contributed by atoms with Crippen LogP contribution in [0.1, 0.15) is 21.7 Å². The van der Waals surface area contributed by atoms with E-state index in [0.29, 0.717) is 18.8 Å². The molecule has 0 aliphatic carbocycles. The molecular formula is C13H14N6O. The van der Waals surface area contributed by atoms with Crippen molar-refractivity contribution in [2.24, 2.45) is 0 Å². The highest BCUT2D eigenvalue weighted by Gasteiger charge is 2.26. The Hall–Kier alpha value is -2.57. The Balaban J connectivity index is 1.78. The fraction of sp³-hybridized carbons (Fsp3) is 0.308. The van der Waals surface area contributed by atoms with Crippen molar-refractivity contribution < 1.29 is 4.79 Å². The highest BCUT2D eigenvalue weighted by molar-refractivity contribution is 5.92. The Morgan fingerprint density at radius 3 is 2.65 bits per heavy atom. The third-order valence-corrected chi connectivity index (χ3v) is 3.19. The maximum absolute atomic E-state index is 12.4. The molecule has 0 aromatic carbocycles. The number of anilines is 1. The van der Waals surface area contributed by atoms with Gasteiger partial charge in [0.25, 0.3) is 5.91 Å². The van der Waals surface area contributed by atoms with Crippen LogP contribution < -0.4 is 4.90 Å². The second-order valence-corrected chi connectivity index (χ2v) is 4.81. The van der Waals surface area contributed by atoms with Gasteiger partial charge in [-0.05, 0) is 0 Å². The van der Waals surface area contributed by atoms with Crippen LogP contribution >= 0.6 is 0 Å². The summed E-state index contributed by atoms with van der Waals surface area (Å²) in [6.45, 7) is 1.01. The molecule has 0 bridgehead atoms. The van der Waals surface area contributed by atoms with E-state index < -0.39 is 0 Å².